The lowest BCUT2D eigenvalue weighted by molar-refractivity contribution is 1.02. The molecule has 0 unspecified atom stereocenters. The lowest BCUT2D eigenvalue weighted by Crippen LogP contribution is -2.19. The number of hydrogen-bond acceptors (Lipinski definition) is 4. The van der Waals surface area contributed by atoms with Crippen LogP contribution in [0, 0.1) is 0 Å². The van der Waals surface area contributed by atoms with Gasteiger partial charge in [0.25, 0.3) is 0 Å². The first kappa shape index (κ1) is 7.64. The first-order valence-electron chi connectivity index (χ1n) is 4.06. The van der Waals surface area contributed by atoms with Gasteiger partial charge in [-0.05, 0) is 18.2 Å². The second-order valence-electron chi connectivity index (χ2n) is 2.94. The maximum Gasteiger partial charge on any atom is 0.247 e. The summed E-state index contributed by atoms with van der Waals surface area (Å²) >= 11 is 5.87. The third-order valence-electron chi connectivity index (χ3n) is 2.07. The van der Waals surface area contributed by atoms with Gasteiger partial charge in [-0.15, -0.1) is 10.2 Å². The van der Waals surface area contributed by atoms with Crippen molar-refractivity contribution < 1.29 is 0 Å². The Morgan fingerprint density at radius 3 is 3.14 bits per heavy atom. The van der Waals surface area contributed by atoms with E-state index in [1.165, 1.54) is 0 Å². The number of hydrogen-bond donors (Lipinski definition) is 2. The highest BCUT2D eigenvalue weighted by molar-refractivity contribution is 6.31. The summed E-state index contributed by atoms with van der Waals surface area (Å²) in [5, 5.41) is 8.38. The van der Waals surface area contributed by atoms with Crippen molar-refractivity contribution in [3.8, 4) is 5.69 Å². The summed E-state index contributed by atoms with van der Waals surface area (Å²) in [4.78, 5) is 0. The van der Waals surface area contributed by atoms with Crippen LogP contribution in [0.4, 0.5) is 11.6 Å². The molecule has 2 N–H and O–H groups in total. The number of halogens is 1. The van der Waals surface area contributed by atoms with E-state index >= 15 is 0 Å². The van der Waals surface area contributed by atoms with Gasteiger partial charge in [0.2, 0.25) is 5.95 Å². The molecule has 14 heavy (non-hydrogen) atoms. The molecule has 0 fully saturated rings. The number of fused-ring (bicyclic) bond motifs is 3. The molecular formula is C8H6ClN5. The molecule has 0 bridgehead atoms. The molecule has 2 heterocycles. The molecule has 5 nitrogen and oxygen atoms in total. The molecule has 0 saturated carbocycles. The number of nitrogens with zero attached hydrogens (tertiary/aromatic N) is 3. The zero-order valence-electron chi connectivity index (χ0n) is 7.03. The minimum Gasteiger partial charge on any atom is -0.296 e. The van der Waals surface area contributed by atoms with Crippen molar-refractivity contribution in [1.82, 2.24) is 14.8 Å². The molecule has 0 aliphatic carbocycles. The molecule has 0 spiro atoms. The minimum atomic E-state index is 0.667. The molecule has 0 saturated heterocycles. The van der Waals surface area contributed by atoms with Crippen LogP contribution in [0.5, 0.6) is 0 Å². The van der Waals surface area contributed by atoms with Crippen molar-refractivity contribution in [1.29, 1.82) is 0 Å². The first-order chi connectivity index (χ1) is 6.84. The highest BCUT2D eigenvalue weighted by Crippen LogP contribution is 2.29. The molecule has 70 valence electrons. The number of rotatable bonds is 0. The quantitative estimate of drug-likeness (QED) is 0.690. The van der Waals surface area contributed by atoms with Crippen LogP contribution in [0.15, 0.2) is 24.5 Å². The molecule has 0 amide bonds. The van der Waals surface area contributed by atoms with Gasteiger partial charge in [0.05, 0.1) is 11.4 Å². The summed E-state index contributed by atoms with van der Waals surface area (Å²) in [6.45, 7) is 0. The van der Waals surface area contributed by atoms with Crippen molar-refractivity contribution in [2.45, 2.75) is 0 Å². The summed E-state index contributed by atoms with van der Waals surface area (Å²) in [6, 6.07) is 5.59. The van der Waals surface area contributed by atoms with Crippen molar-refractivity contribution in [3.05, 3.63) is 29.5 Å². The lowest BCUT2D eigenvalue weighted by Gasteiger charge is -2.20. The van der Waals surface area contributed by atoms with Crippen molar-refractivity contribution in [2.24, 2.45) is 0 Å². The van der Waals surface area contributed by atoms with E-state index in [4.69, 9.17) is 11.6 Å². The Balaban J connectivity index is 2.26. The van der Waals surface area contributed by atoms with Crippen molar-refractivity contribution in [3.63, 3.8) is 0 Å². The van der Waals surface area contributed by atoms with E-state index in [0.717, 1.165) is 11.4 Å². The van der Waals surface area contributed by atoms with Gasteiger partial charge in [-0.1, -0.05) is 11.6 Å². The Hall–Kier alpha value is -1.75. The van der Waals surface area contributed by atoms with Gasteiger partial charge in [0.1, 0.15) is 6.33 Å². The third-order valence-corrected chi connectivity index (χ3v) is 2.31. The van der Waals surface area contributed by atoms with Gasteiger partial charge < -0.3 is 0 Å². The highest BCUT2D eigenvalue weighted by atomic mass is 35.5. The molecule has 0 atom stereocenters. The van der Waals surface area contributed by atoms with Gasteiger partial charge in [-0.2, -0.15) is 0 Å². The first-order valence-corrected chi connectivity index (χ1v) is 4.44. The van der Waals surface area contributed by atoms with Crippen LogP contribution < -0.4 is 10.9 Å². The smallest absolute Gasteiger partial charge is 0.247 e. The SMILES string of the molecule is Clc1ccc2c(c1)NNc1nncn1-2. The normalized spacial score (nSPS) is 12.4. The molecule has 2 aromatic rings. The monoisotopic (exact) mass is 207 g/mol. The lowest BCUT2D eigenvalue weighted by atomic mass is 10.2. The van der Waals surface area contributed by atoms with Crippen LogP contribution >= 0.6 is 11.6 Å². The van der Waals surface area contributed by atoms with E-state index in [9.17, 15) is 0 Å². The summed E-state index contributed by atoms with van der Waals surface area (Å²) in [5.41, 5.74) is 7.78. The zero-order valence-corrected chi connectivity index (χ0v) is 7.78. The molecule has 1 aliphatic rings. The highest BCUT2D eigenvalue weighted by Gasteiger charge is 2.15. The number of hydrazine groups is 1. The van der Waals surface area contributed by atoms with Gasteiger partial charge in [-0.3, -0.25) is 15.4 Å². The topological polar surface area (TPSA) is 54.8 Å². The summed E-state index contributed by atoms with van der Waals surface area (Å²) in [5.74, 6) is 0.667. The van der Waals surface area contributed by atoms with Crippen LogP contribution in [0.3, 0.4) is 0 Å². The molecular weight excluding hydrogens is 202 g/mol. The van der Waals surface area contributed by atoms with Gasteiger partial charge >= 0.3 is 0 Å². The van der Waals surface area contributed by atoms with E-state index in [1.54, 1.807) is 6.33 Å². The van der Waals surface area contributed by atoms with Gasteiger partial charge in [-0.25, -0.2) is 0 Å². The Kier molecular flexibility index (Phi) is 1.43. The Morgan fingerprint density at radius 2 is 2.21 bits per heavy atom. The van der Waals surface area contributed by atoms with Crippen LogP contribution in [0.25, 0.3) is 5.69 Å². The predicted molar refractivity (Wildman–Crippen MR) is 53.6 cm³/mol. The van der Waals surface area contributed by atoms with Crippen LogP contribution in [-0.2, 0) is 0 Å². The van der Waals surface area contributed by atoms with Crippen LogP contribution in [-0.4, -0.2) is 14.8 Å². The van der Waals surface area contributed by atoms with E-state index in [1.807, 2.05) is 22.8 Å². The molecule has 3 rings (SSSR count). The molecule has 1 aromatic carbocycles. The van der Waals surface area contributed by atoms with Crippen LogP contribution in [0.2, 0.25) is 5.02 Å². The van der Waals surface area contributed by atoms with E-state index < -0.39 is 0 Å². The second kappa shape index (κ2) is 2.62. The molecule has 6 heteroatoms. The van der Waals surface area contributed by atoms with E-state index in [2.05, 4.69) is 21.0 Å². The van der Waals surface area contributed by atoms with Gasteiger partial charge in [0, 0.05) is 5.02 Å². The van der Waals surface area contributed by atoms with Crippen molar-refractivity contribution in [2.75, 3.05) is 10.9 Å². The van der Waals surface area contributed by atoms with E-state index in [-0.39, 0.29) is 0 Å². The fourth-order valence-corrected chi connectivity index (χ4v) is 1.61. The fourth-order valence-electron chi connectivity index (χ4n) is 1.44. The average molecular weight is 208 g/mol. The van der Waals surface area contributed by atoms with E-state index in [0.29, 0.717) is 11.0 Å². The number of nitrogens with one attached hydrogen (secondary N) is 2. The largest absolute Gasteiger partial charge is 0.296 e. The average Bonchev–Trinajstić information content (AvgIpc) is 2.65. The fraction of sp³-hybridized carbons (Fsp3) is 0. The maximum atomic E-state index is 5.87. The Labute approximate surface area is 84.7 Å². The van der Waals surface area contributed by atoms with Crippen LogP contribution in [0.1, 0.15) is 0 Å². The zero-order chi connectivity index (χ0) is 9.54. The maximum absolute atomic E-state index is 5.87. The number of anilines is 2. The summed E-state index contributed by atoms with van der Waals surface area (Å²) in [6.07, 6.45) is 1.65. The number of aromatic nitrogens is 3. The standard InChI is InChI=1S/C8H6ClN5/c9-5-1-2-7-6(3-5)11-13-8-12-10-4-14(7)8/h1-4,11H,(H,12,13). The second-order valence-corrected chi connectivity index (χ2v) is 3.37. The minimum absolute atomic E-state index is 0.667. The molecule has 0 radical (unpaired) electrons. The summed E-state index contributed by atoms with van der Waals surface area (Å²) in [7, 11) is 0. The molecule has 1 aliphatic heterocycles. The number of benzene rings is 1. The van der Waals surface area contributed by atoms with Crippen molar-refractivity contribution >= 4 is 23.2 Å². The Morgan fingerprint density at radius 1 is 1.29 bits per heavy atom. The molecule has 1 aromatic heterocycles. The third kappa shape index (κ3) is 0.958. The Bertz CT molecular complexity index is 492. The summed E-state index contributed by atoms with van der Waals surface area (Å²) < 4.78 is 1.85. The van der Waals surface area contributed by atoms with Gasteiger partial charge in [0.15, 0.2) is 0 Å². The predicted octanol–water partition coefficient (Wildman–Crippen LogP) is 1.67.